The molecule has 1 heterocycles. The molecule has 0 radical (unpaired) electrons. The zero-order valence-electron chi connectivity index (χ0n) is 26.7. The van der Waals surface area contributed by atoms with Gasteiger partial charge in [-0.3, -0.25) is 48.6 Å². The zero-order chi connectivity index (χ0) is 36.2. The van der Waals surface area contributed by atoms with E-state index in [0.29, 0.717) is 12.0 Å². The average molecular weight is 683 g/mol. The van der Waals surface area contributed by atoms with Crippen molar-refractivity contribution in [2.45, 2.75) is 76.0 Å². The Kier molecular flexibility index (Phi) is 13.3. The topological polar surface area (TPSA) is 260 Å². The second-order valence-corrected chi connectivity index (χ2v) is 11.5. The monoisotopic (exact) mass is 682 g/mol. The molecule has 0 spiro atoms. The molecule has 1 fully saturated rings. The smallest absolute Gasteiger partial charge is 0.303 e. The highest BCUT2D eigenvalue weighted by atomic mass is 16.6. The van der Waals surface area contributed by atoms with Crippen LogP contribution in [0.4, 0.5) is 11.4 Å². The Hall–Kier alpha value is -5.87. The van der Waals surface area contributed by atoms with Gasteiger partial charge in [0.2, 0.25) is 23.6 Å². The van der Waals surface area contributed by atoms with E-state index in [9.17, 15) is 48.8 Å². The van der Waals surface area contributed by atoms with Gasteiger partial charge in [-0.1, -0.05) is 30.3 Å². The Morgan fingerprint density at radius 1 is 0.959 bits per heavy atom. The summed E-state index contributed by atoms with van der Waals surface area (Å²) in [6.45, 7) is 1.35. The number of carboxylic acid groups (broad SMARTS) is 2. The van der Waals surface area contributed by atoms with Gasteiger partial charge in [-0.15, -0.1) is 0 Å². The molecule has 1 saturated heterocycles. The third-order valence-electron chi connectivity index (χ3n) is 7.91. The number of benzene rings is 2. The van der Waals surface area contributed by atoms with E-state index in [4.69, 9.17) is 10.8 Å². The van der Waals surface area contributed by atoms with Crippen LogP contribution in [-0.2, 0) is 40.0 Å². The van der Waals surface area contributed by atoms with Crippen molar-refractivity contribution >= 4 is 52.8 Å². The first kappa shape index (κ1) is 37.6. The Morgan fingerprint density at radius 2 is 1.59 bits per heavy atom. The quantitative estimate of drug-likeness (QED) is 0.115. The van der Waals surface area contributed by atoms with Gasteiger partial charge in [0.1, 0.15) is 24.2 Å². The molecule has 5 amide bonds. The van der Waals surface area contributed by atoms with Crippen molar-refractivity contribution in [3.05, 3.63) is 70.3 Å². The zero-order valence-corrected chi connectivity index (χ0v) is 26.7. The largest absolute Gasteiger partial charge is 0.481 e. The van der Waals surface area contributed by atoms with Crippen LogP contribution in [0.5, 0.6) is 0 Å². The molecule has 1 aliphatic rings. The Morgan fingerprint density at radius 3 is 2.16 bits per heavy atom. The van der Waals surface area contributed by atoms with Gasteiger partial charge in [0, 0.05) is 43.6 Å². The van der Waals surface area contributed by atoms with E-state index in [1.807, 2.05) is 0 Å². The highest BCUT2D eigenvalue weighted by Gasteiger charge is 2.43. The molecule has 1 aliphatic heterocycles. The van der Waals surface area contributed by atoms with Crippen molar-refractivity contribution in [2.75, 3.05) is 11.4 Å². The number of hydrogen-bond donors (Lipinski definition) is 5. The van der Waals surface area contributed by atoms with E-state index in [1.165, 1.54) is 24.0 Å². The summed E-state index contributed by atoms with van der Waals surface area (Å²) in [7, 11) is 0. The summed E-state index contributed by atoms with van der Waals surface area (Å²) in [5.41, 5.74) is 6.32. The van der Waals surface area contributed by atoms with Crippen molar-refractivity contribution in [2.24, 2.45) is 5.73 Å². The molecule has 49 heavy (non-hydrogen) atoms. The number of nitro groups is 1. The molecule has 262 valence electrons. The third-order valence-corrected chi connectivity index (χ3v) is 7.91. The Balaban J connectivity index is 1.92. The number of nitrogens with one attached hydrogen (secondary N) is 2. The number of carbonyl (C=O) groups is 7. The van der Waals surface area contributed by atoms with Crippen molar-refractivity contribution in [3.63, 3.8) is 0 Å². The van der Waals surface area contributed by atoms with Crippen LogP contribution in [0, 0.1) is 10.1 Å². The van der Waals surface area contributed by atoms with Gasteiger partial charge < -0.3 is 31.5 Å². The van der Waals surface area contributed by atoms with Gasteiger partial charge in [-0.05, 0) is 43.9 Å². The number of amides is 5. The molecule has 2 aromatic carbocycles. The minimum atomic E-state index is -1.43. The van der Waals surface area contributed by atoms with Gasteiger partial charge in [0.25, 0.3) is 11.6 Å². The number of carboxylic acids is 2. The SMILES string of the molecule is C[C@H](NC(=O)CCC(=O)O)C(=O)N[C@@H](CCC(=O)O)C(=O)N1CCC[C@H]1C(=O)N(c1ccc([N+](=O)[O-])cc1)[C@@H](Cc1ccccc1)C(N)=O. The van der Waals surface area contributed by atoms with Gasteiger partial charge in [-0.25, -0.2) is 0 Å². The molecule has 0 bridgehead atoms. The van der Waals surface area contributed by atoms with E-state index in [-0.39, 0.29) is 37.2 Å². The van der Waals surface area contributed by atoms with Crippen LogP contribution >= 0.6 is 0 Å². The van der Waals surface area contributed by atoms with Gasteiger partial charge in [-0.2, -0.15) is 0 Å². The number of rotatable bonds is 17. The van der Waals surface area contributed by atoms with Crippen molar-refractivity contribution in [1.29, 1.82) is 0 Å². The van der Waals surface area contributed by atoms with Crippen molar-refractivity contribution in [1.82, 2.24) is 15.5 Å². The minimum Gasteiger partial charge on any atom is -0.481 e. The van der Waals surface area contributed by atoms with Crippen LogP contribution in [0.25, 0.3) is 0 Å². The summed E-state index contributed by atoms with van der Waals surface area (Å²) in [6.07, 6.45) is -1.30. The van der Waals surface area contributed by atoms with Crippen LogP contribution in [0.2, 0.25) is 0 Å². The number of aliphatic carboxylic acids is 2. The standard InChI is InChI=1S/C32H38N6O11/c1-19(34-26(39)14-16-28(42)43)30(45)35-23(13-15-27(40)41)31(46)36-17-5-8-24(36)32(47)37(21-9-11-22(12-10-21)38(48)49)25(29(33)44)18-20-6-3-2-4-7-20/h2-4,6-7,9-12,19,23-25H,5,8,13-18H2,1H3,(H2,33,44)(H,34,39)(H,35,45)(H,40,41)(H,42,43)/t19-,23-,24-,25-/m0/s1. The van der Waals surface area contributed by atoms with E-state index < -0.39 is 89.8 Å². The number of non-ortho nitro benzene ring substituents is 1. The summed E-state index contributed by atoms with van der Waals surface area (Å²) in [6, 6.07) is 8.48. The summed E-state index contributed by atoms with van der Waals surface area (Å²) in [5.74, 6) is -6.43. The molecule has 17 nitrogen and oxygen atoms in total. The molecule has 17 heteroatoms. The van der Waals surface area contributed by atoms with Gasteiger partial charge >= 0.3 is 11.9 Å². The molecule has 3 rings (SSSR count). The molecule has 4 atom stereocenters. The molecule has 0 aliphatic carbocycles. The fourth-order valence-corrected chi connectivity index (χ4v) is 5.42. The number of carbonyl (C=O) groups excluding carboxylic acids is 5. The predicted molar refractivity (Wildman–Crippen MR) is 172 cm³/mol. The highest BCUT2D eigenvalue weighted by Crippen LogP contribution is 2.28. The number of hydrogen-bond acceptors (Lipinski definition) is 9. The van der Waals surface area contributed by atoms with E-state index in [1.54, 1.807) is 30.3 Å². The van der Waals surface area contributed by atoms with Crippen LogP contribution in [0.1, 0.15) is 51.0 Å². The minimum absolute atomic E-state index is 0.0209. The van der Waals surface area contributed by atoms with Crippen LogP contribution in [0.15, 0.2) is 54.6 Å². The normalized spacial score (nSPS) is 15.7. The molecule has 0 saturated carbocycles. The third kappa shape index (κ3) is 10.6. The number of nitrogens with two attached hydrogens (primary N) is 1. The lowest BCUT2D eigenvalue weighted by molar-refractivity contribution is -0.384. The van der Waals surface area contributed by atoms with Crippen molar-refractivity contribution < 1.29 is 48.7 Å². The lowest BCUT2D eigenvalue weighted by atomic mass is 10.0. The number of likely N-dealkylation sites (tertiary alicyclic amines) is 1. The summed E-state index contributed by atoms with van der Waals surface area (Å²) in [5, 5.41) is 34.2. The number of nitrogens with zero attached hydrogens (tertiary/aromatic N) is 3. The first-order chi connectivity index (χ1) is 23.2. The number of anilines is 1. The fraction of sp³-hybridized carbons (Fsp3) is 0.406. The number of nitro benzene ring substituents is 1. The summed E-state index contributed by atoms with van der Waals surface area (Å²) >= 11 is 0. The summed E-state index contributed by atoms with van der Waals surface area (Å²) in [4.78, 5) is 101. The van der Waals surface area contributed by atoms with Gasteiger partial charge in [0.15, 0.2) is 0 Å². The fourth-order valence-electron chi connectivity index (χ4n) is 5.42. The Bertz CT molecular complexity index is 1570. The van der Waals surface area contributed by atoms with E-state index in [0.717, 1.165) is 17.0 Å². The van der Waals surface area contributed by atoms with E-state index >= 15 is 0 Å². The van der Waals surface area contributed by atoms with Gasteiger partial charge in [0.05, 0.1) is 11.3 Å². The molecular weight excluding hydrogens is 644 g/mol. The highest BCUT2D eigenvalue weighted by molar-refractivity contribution is 6.05. The van der Waals surface area contributed by atoms with Crippen molar-refractivity contribution in [3.8, 4) is 0 Å². The maximum Gasteiger partial charge on any atom is 0.303 e. The predicted octanol–water partition coefficient (Wildman–Crippen LogP) is 0.735. The molecule has 0 aromatic heterocycles. The first-order valence-electron chi connectivity index (χ1n) is 15.4. The Labute approximate surface area is 280 Å². The molecule has 0 unspecified atom stereocenters. The van der Waals surface area contributed by atoms with Crippen LogP contribution in [-0.4, -0.2) is 92.2 Å². The maximum absolute atomic E-state index is 14.4. The van der Waals surface area contributed by atoms with Crippen LogP contribution < -0.4 is 21.3 Å². The molecular formula is C32H38N6O11. The van der Waals surface area contributed by atoms with E-state index in [2.05, 4.69) is 10.6 Å². The lowest BCUT2D eigenvalue weighted by Gasteiger charge is -2.35. The first-order valence-corrected chi connectivity index (χ1v) is 15.4. The molecule has 2 aromatic rings. The average Bonchev–Trinajstić information content (AvgIpc) is 3.55. The second kappa shape index (κ2) is 17.3. The summed E-state index contributed by atoms with van der Waals surface area (Å²) < 4.78 is 0. The van der Waals surface area contributed by atoms with Crippen LogP contribution in [0.3, 0.4) is 0 Å². The number of primary amides is 1. The maximum atomic E-state index is 14.4. The molecule has 6 N–H and O–H groups in total. The second-order valence-electron chi connectivity index (χ2n) is 11.5. The lowest BCUT2D eigenvalue weighted by Crippen LogP contribution is -2.59.